The van der Waals surface area contributed by atoms with E-state index in [9.17, 15) is 9.18 Å². The van der Waals surface area contributed by atoms with E-state index in [0.29, 0.717) is 19.8 Å². The van der Waals surface area contributed by atoms with Gasteiger partial charge in [0.15, 0.2) is 11.6 Å². The molecule has 1 N–H and O–H groups in total. The zero-order valence-corrected chi connectivity index (χ0v) is 14.8. The van der Waals surface area contributed by atoms with Crippen molar-refractivity contribution < 1.29 is 18.7 Å². The van der Waals surface area contributed by atoms with E-state index in [1.54, 1.807) is 6.07 Å². The second kappa shape index (κ2) is 8.78. The number of carbonyl (C=O) groups excluding carboxylic acids is 1. The molecule has 3 rings (SSSR count). The molecule has 1 atom stereocenters. The quantitative estimate of drug-likeness (QED) is 0.863. The second-order valence-corrected chi connectivity index (χ2v) is 6.20. The molecule has 1 aliphatic rings. The normalized spacial score (nSPS) is 16.1. The largest absolute Gasteiger partial charge is 0.494 e. The molecule has 2 aromatic carbocycles. The fourth-order valence-corrected chi connectivity index (χ4v) is 3.01. The zero-order chi connectivity index (χ0) is 18.4. The highest BCUT2D eigenvalue weighted by Crippen LogP contribution is 2.20. The number of rotatable bonds is 6. The first-order valence-electron chi connectivity index (χ1n) is 8.67. The molecule has 0 bridgehead atoms. The Morgan fingerprint density at radius 2 is 1.96 bits per heavy atom. The number of halogens is 1. The van der Waals surface area contributed by atoms with Gasteiger partial charge in [-0.15, -0.1) is 0 Å². The Labute approximate surface area is 152 Å². The number of nitrogens with one attached hydrogen (secondary N) is 1. The molecule has 1 heterocycles. The van der Waals surface area contributed by atoms with Gasteiger partial charge < -0.3 is 14.8 Å². The summed E-state index contributed by atoms with van der Waals surface area (Å²) in [4.78, 5) is 14.9. The third-order valence-electron chi connectivity index (χ3n) is 4.47. The maximum Gasteiger partial charge on any atom is 0.251 e. The average Bonchev–Trinajstić information content (AvgIpc) is 2.69. The Balaban J connectivity index is 1.76. The Hall–Kier alpha value is -2.44. The molecule has 2 aromatic rings. The van der Waals surface area contributed by atoms with Crippen LogP contribution in [0.25, 0.3) is 0 Å². The summed E-state index contributed by atoms with van der Waals surface area (Å²) in [6, 6.07) is 13.8. The van der Waals surface area contributed by atoms with Crippen molar-refractivity contribution in [1.82, 2.24) is 10.2 Å². The van der Waals surface area contributed by atoms with Crippen molar-refractivity contribution in [2.45, 2.75) is 6.04 Å². The van der Waals surface area contributed by atoms with Gasteiger partial charge >= 0.3 is 0 Å². The van der Waals surface area contributed by atoms with Gasteiger partial charge in [0.25, 0.3) is 5.91 Å². The van der Waals surface area contributed by atoms with Crippen LogP contribution in [0, 0.1) is 5.82 Å². The topological polar surface area (TPSA) is 50.8 Å². The molecule has 5 nitrogen and oxygen atoms in total. The first-order chi connectivity index (χ1) is 12.7. The third kappa shape index (κ3) is 4.59. The van der Waals surface area contributed by atoms with Crippen LogP contribution >= 0.6 is 0 Å². The molecule has 0 aliphatic carbocycles. The number of ether oxygens (including phenoxy) is 2. The zero-order valence-electron chi connectivity index (χ0n) is 14.8. The van der Waals surface area contributed by atoms with E-state index in [1.807, 2.05) is 30.3 Å². The van der Waals surface area contributed by atoms with E-state index in [1.165, 1.54) is 19.2 Å². The number of carbonyl (C=O) groups is 1. The van der Waals surface area contributed by atoms with Crippen molar-refractivity contribution >= 4 is 5.91 Å². The minimum absolute atomic E-state index is 0.120. The van der Waals surface area contributed by atoms with Crippen LogP contribution in [0.15, 0.2) is 48.5 Å². The summed E-state index contributed by atoms with van der Waals surface area (Å²) < 4.78 is 24.2. The van der Waals surface area contributed by atoms with Crippen molar-refractivity contribution in [3.8, 4) is 5.75 Å². The summed E-state index contributed by atoms with van der Waals surface area (Å²) in [5, 5.41) is 3.03. The average molecular weight is 358 g/mol. The van der Waals surface area contributed by atoms with E-state index < -0.39 is 5.82 Å². The molecule has 1 saturated heterocycles. The lowest BCUT2D eigenvalue weighted by molar-refractivity contribution is 0.0332. The number of hydrogen-bond donors (Lipinski definition) is 1. The van der Waals surface area contributed by atoms with Gasteiger partial charge in [-0.05, 0) is 23.8 Å². The summed E-state index contributed by atoms with van der Waals surface area (Å²) >= 11 is 0. The first-order valence-corrected chi connectivity index (χ1v) is 8.67. The lowest BCUT2D eigenvalue weighted by atomic mass is 10.1. The predicted molar refractivity (Wildman–Crippen MR) is 96.9 cm³/mol. The van der Waals surface area contributed by atoms with Crippen molar-refractivity contribution in [3.63, 3.8) is 0 Å². The van der Waals surface area contributed by atoms with Crippen molar-refractivity contribution in [2.75, 3.05) is 40.0 Å². The van der Waals surface area contributed by atoms with E-state index in [-0.39, 0.29) is 23.3 Å². The highest BCUT2D eigenvalue weighted by molar-refractivity contribution is 5.94. The number of morpholine rings is 1. The van der Waals surface area contributed by atoms with Crippen molar-refractivity contribution in [2.24, 2.45) is 0 Å². The van der Waals surface area contributed by atoms with Crippen LogP contribution in [0.3, 0.4) is 0 Å². The van der Waals surface area contributed by atoms with Gasteiger partial charge in [0.2, 0.25) is 0 Å². The van der Waals surface area contributed by atoms with E-state index in [4.69, 9.17) is 9.47 Å². The summed E-state index contributed by atoms with van der Waals surface area (Å²) in [6.45, 7) is 3.72. The van der Waals surface area contributed by atoms with Gasteiger partial charge in [-0.3, -0.25) is 9.69 Å². The second-order valence-electron chi connectivity index (χ2n) is 6.20. The lowest BCUT2D eigenvalue weighted by Gasteiger charge is -2.31. The maximum absolute atomic E-state index is 13.9. The Kier molecular flexibility index (Phi) is 6.20. The third-order valence-corrected chi connectivity index (χ3v) is 4.47. The number of hydrogen-bond acceptors (Lipinski definition) is 4. The van der Waals surface area contributed by atoms with E-state index >= 15 is 0 Å². The summed E-state index contributed by atoms with van der Waals surface area (Å²) in [7, 11) is 1.39. The van der Waals surface area contributed by atoms with Gasteiger partial charge in [-0.1, -0.05) is 30.3 Å². The number of amides is 1. The van der Waals surface area contributed by atoms with Crippen LogP contribution in [0.2, 0.25) is 0 Å². The molecule has 138 valence electrons. The molecule has 0 radical (unpaired) electrons. The van der Waals surface area contributed by atoms with Gasteiger partial charge in [0.05, 0.1) is 26.4 Å². The Bertz CT molecular complexity index is 733. The Morgan fingerprint density at radius 3 is 2.62 bits per heavy atom. The molecule has 6 heteroatoms. The number of benzene rings is 2. The molecule has 1 aliphatic heterocycles. The highest BCUT2D eigenvalue weighted by atomic mass is 19.1. The van der Waals surface area contributed by atoms with Crippen LogP contribution in [-0.4, -0.2) is 50.8 Å². The monoisotopic (exact) mass is 358 g/mol. The number of nitrogens with zero attached hydrogens (tertiary/aromatic N) is 1. The predicted octanol–water partition coefficient (Wildman–Crippen LogP) is 2.64. The summed E-state index contributed by atoms with van der Waals surface area (Å²) in [5.41, 5.74) is 1.28. The molecular formula is C20H23FN2O3. The molecule has 0 aromatic heterocycles. The van der Waals surface area contributed by atoms with E-state index in [0.717, 1.165) is 18.7 Å². The smallest absolute Gasteiger partial charge is 0.251 e. The van der Waals surface area contributed by atoms with Crippen molar-refractivity contribution in [1.29, 1.82) is 0 Å². The summed E-state index contributed by atoms with van der Waals surface area (Å²) in [5.74, 6) is -0.743. The standard InChI is InChI=1S/C20H23FN2O3/c1-25-19-8-7-16(13-17(19)21)20(24)22-18(15-5-3-2-4-6-15)14-23-9-11-26-12-10-23/h2-8,13,18H,9-12,14H2,1H3,(H,22,24)/t18-/m1/s1. The molecule has 1 amide bonds. The Morgan fingerprint density at radius 1 is 1.23 bits per heavy atom. The molecule has 0 spiro atoms. The molecular weight excluding hydrogens is 335 g/mol. The maximum atomic E-state index is 13.9. The van der Waals surface area contributed by atoms with Crippen LogP contribution < -0.4 is 10.1 Å². The van der Waals surface area contributed by atoms with E-state index in [2.05, 4.69) is 10.2 Å². The van der Waals surface area contributed by atoms with Crippen LogP contribution in [0.4, 0.5) is 4.39 Å². The summed E-state index contributed by atoms with van der Waals surface area (Å²) in [6.07, 6.45) is 0. The molecule has 0 unspecified atom stereocenters. The molecule has 26 heavy (non-hydrogen) atoms. The minimum Gasteiger partial charge on any atom is -0.494 e. The van der Waals surface area contributed by atoms with Gasteiger partial charge in [0, 0.05) is 25.2 Å². The van der Waals surface area contributed by atoms with Gasteiger partial charge in [0.1, 0.15) is 0 Å². The molecule has 0 saturated carbocycles. The van der Waals surface area contributed by atoms with Gasteiger partial charge in [-0.2, -0.15) is 0 Å². The highest BCUT2D eigenvalue weighted by Gasteiger charge is 2.21. The fourth-order valence-electron chi connectivity index (χ4n) is 3.01. The lowest BCUT2D eigenvalue weighted by Crippen LogP contribution is -2.43. The van der Waals surface area contributed by atoms with Gasteiger partial charge in [-0.25, -0.2) is 4.39 Å². The first kappa shape index (κ1) is 18.4. The van der Waals surface area contributed by atoms with Crippen molar-refractivity contribution in [3.05, 3.63) is 65.5 Å². The van der Waals surface area contributed by atoms with Crippen LogP contribution in [0.1, 0.15) is 22.0 Å². The SMILES string of the molecule is COc1ccc(C(=O)N[C@H](CN2CCOCC2)c2ccccc2)cc1F. The van der Waals surface area contributed by atoms with Crippen LogP contribution in [0.5, 0.6) is 5.75 Å². The molecule has 1 fully saturated rings. The fraction of sp³-hybridized carbons (Fsp3) is 0.350. The minimum atomic E-state index is -0.551. The van der Waals surface area contributed by atoms with Crippen LogP contribution in [-0.2, 0) is 4.74 Å². The number of methoxy groups -OCH3 is 1.